The Morgan fingerprint density at radius 2 is 2.32 bits per heavy atom. The van der Waals surface area contributed by atoms with Crippen molar-refractivity contribution < 1.29 is 5.21 Å². The molecule has 0 aliphatic rings. The molecular formula is C11H11N7O. The number of oxime groups is 1. The second-order valence-corrected chi connectivity index (χ2v) is 3.98. The Labute approximate surface area is 107 Å². The Kier molecular flexibility index (Phi) is 2.41. The molecule has 96 valence electrons. The van der Waals surface area contributed by atoms with Crippen LogP contribution in [0, 0.1) is 6.92 Å². The van der Waals surface area contributed by atoms with Crippen molar-refractivity contribution in [2.24, 2.45) is 10.9 Å². The number of aromatic nitrogens is 5. The minimum Gasteiger partial charge on any atom is -0.409 e. The lowest BCUT2D eigenvalue weighted by molar-refractivity contribution is 0.318. The predicted octanol–water partition coefficient (Wildman–Crippen LogP) is 0.318. The minimum absolute atomic E-state index is 0.0210. The molecule has 0 aliphatic heterocycles. The van der Waals surface area contributed by atoms with Gasteiger partial charge in [-0.2, -0.15) is 14.6 Å². The van der Waals surface area contributed by atoms with Crippen LogP contribution in [0.2, 0.25) is 0 Å². The third-order valence-electron chi connectivity index (χ3n) is 2.73. The molecule has 0 saturated carbocycles. The van der Waals surface area contributed by atoms with E-state index in [0.717, 1.165) is 5.69 Å². The van der Waals surface area contributed by atoms with Gasteiger partial charge in [0.2, 0.25) is 0 Å². The van der Waals surface area contributed by atoms with Gasteiger partial charge in [0.05, 0.1) is 5.69 Å². The average Bonchev–Trinajstić information content (AvgIpc) is 3.04. The third-order valence-corrected chi connectivity index (χ3v) is 2.73. The zero-order valence-corrected chi connectivity index (χ0v) is 10.1. The van der Waals surface area contributed by atoms with Crippen LogP contribution in [0.3, 0.4) is 0 Å². The Morgan fingerprint density at radius 3 is 3.11 bits per heavy atom. The Balaban J connectivity index is 2.31. The van der Waals surface area contributed by atoms with Crippen LogP contribution >= 0.6 is 0 Å². The molecule has 3 aromatic heterocycles. The van der Waals surface area contributed by atoms with Gasteiger partial charge < -0.3 is 10.9 Å². The van der Waals surface area contributed by atoms with Gasteiger partial charge in [-0.05, 0) is 19.1 Å². The maximum Gasteiger partial charge on any atom is 0.254 e. The predicted molar refractivity (Wildman–Crippen MR) is 67.4 cm³/mol. The van der Waals surface area contributed by atoms with E-state index in [1.54, 1.807) is 27.4 Å². The number of fused-ring (bicyclic) bond motifs is 1. The molecule has 8 nitrogen and oxygen atoms in total. The molecule has 19 heavy (non-hydrogen) atoms. The SMILES string of the molecule is Cc1cc(-n2cccc2/C(N)=N/O)n2ncnc2n1. The minimum atomic E-state index is 0.0210. The van der Waals surface area contributed by atoms with E-state index in [1.165, 1.54) is 6.33 Å². The zero-order valence-electron chi connectivity index (χ0n) is 10.1. The van der Waals surface area contributed by atoms with Crippen molar-refractivity contribution >= 4 is 11.6 Å². The van der Waals surface area contributed by atoms with Crippen molar-refractivity contribution in [3.63, 3.8) is 0 Å². The molecule has 0 radical (unpaired) electrons. The van der Waals surface area contributed by atoms with Crippen molar-refractivity contribution in [1.29, 1.82) is 0 Å². The van der Waals surface area contributed by atoms with E-state index < -0.39 is 0 Å². The van der Waals surface area contributed by atoms with Crippen molar-refractivity contribution in [2.45, 2.75) is 6.92 Å². The lowest BCUT2D eigenvalue weighted by Gasteiger charge is -2.10. The van der Waals surface area contributed by atoms with Crippen LogP contribution in [0.4, 0.5) is 0 Å². The Hall–Kier alpha value is -2.90. The van der Waals surface area contributed by atoms with Crippen molar-refractivity contribution in [2.75, 3.05) is 0 Å². The van der Waals surface area contributed by atoms with Gasteiger partial charge >= 0.3 is 0 Å². The molecule has 0 bridgehead atoms. The number of nitrogens with zero attached hydrogens (tertiary/aromatic N) is 6. The first kappa shape index (κ1) is 11.2. The molecule has 0 amide bonds. The first-order valence-electron chi connectivity index (χ1n) is 5.53. The summed E-state index contributed by atoms with van der Waals surface area (Å²) in [6.07, 6.45) is 3.22. The van der Waals surface area contributed by atoms with E-state index in [4.69, 9.17) is 10.9 Å². The summed E-state index contributed by atoms with van der Waals surface area (Å²) in [5.41, 5.74) is 7.01. The van der Waals surface area contributed by atoms with Gasteiger partial charge in [-0.1, -0.05) is 5.16 Å². The highest BCUT2D eigenvalue weighted by molar-refractivity contribution is 5.96. The molecule has 3 rings (SSSR count). The van der Waals surface area contributed by atoms with Gasteiger partial charge in [-0.15, -0.1) is 0 Å². The van der Waals surface area contributed by atoms with Crippen molar-refractivity contribution in [3.8, 4) is 5.82 Å². The van der Waals surface area contributed by atoms with Gasteiger partial charge in [0.15, 0.2) is 5.84 Å². The normalized spacial score (nSPS) is 12.2. The molecule has 8 heteroatoms. The zero-order chi connectivity index (χ0) is 13.4. The third kappa shape index (κ3) is 1.69. The first-order chi connectivity index (χ1) is 9.20. The molecule has 0 spiro atoms. The van der Waals surface area contributed by atoms with Crippen LogP contribution in [0.25, 0.3) is 11.6 Å². The number of amidine groups is 1. The highest BCUT2D eigenvalue weighted by Gasteiger charge is 2.12. The smallest absolute Gasteiger partial charge is 0.254 e. The van der Waals surface area contributed by atoms with Crippen LogP contribution < -0.4 is 5.73 Å². The van der Waals surface area contributed by atoms with Gasteiger partial charge in [-0.25, -0.2) is 4.98 Å². The van der Waals surface area contributed by atoms with Gasteiger partial charge in [0.1, 0.15) is 12.1 Å². The monoisotopic (exact) mass is 257 g/mol. The number of hydrogen-bond acceptors (Lipinski definition) is 5. The fourth-order valence-corrected chi connectivity index (χ4v) is 1.92. The van der Waals surface area contributed by atoms with E-state index in [1.807, 2.05) is 13.0 Å². The molecule has 0 saturated heterocycles. The molecule has 0 aromatic carbocycles. The summed E-state index contributed by atoms with van der Waals surface area (Å²) in [6.45, 7) is 1.87. The molecule has 3 aromatic rings. The van der Waals surface area contributed by atoms with Crippen LogP contribution in [0.15, 0.2) is 35.9 Å². The highest BCUT2D eigenvalue weighted by Crippen LogP contribution is 2.14. The van der Waals surface area contributed by atoms with E-state index in [9.17, 15) is 0 Å². The van der Waals surface area contributed by atoms with Crippen LogP contribution in [0.5, 0.6) is 0 Å². The standard InChI is InChI=1S/C11H11N7O/c1-7-5-9(18-11(15-7)13-6-14-18)17-4-2-3-8(17)10(12)16-19/h2-6,19H,1H3,(H2,12,16). The van der Waals surface area contributed by atoms with Crippen LogP contribution in [-0.2, 0) is 0 Å². The summed E-state index contributed by atoms with van der Waals surface area (Å²) < 4.78 is 3.34. The average molecular weight is 257 g/mol. The fourth-order valence-electron chi connectivity index (χ4n) is 1.92. The van der Waals surface area contributed by atoms with Crippen molar-refractivity contribution in [1.82, 2.24) is 24.1 Å². The molecule has 0 unspecified atom stereocenters. The maximum absolute atomic E-state index is 8.81. The fraction of sp³-hybridized carbons (Fsp3) is 0.0909. The van der Waals surface area contributed by atoms with E-state index in [2.05, 4.69) is 20.2 Å². The quantitative estimate of drug-likeness (QED) is 0.297. The highest BCUT2D eigenvalue weighted by atomic mass is 16.4. The Morgan fingerprint density at radius 1 is 1.47 bits per heavy atom. The lowest BCUT2D eigenvalue weighted by Crippen LogP contribution is -2.19. The number of nitrogens with two attached hydrogens (primary N) is 1. The number of aryl methyl sites for hydroxylation is 1. The maximum atomic E-state index is 8.81. The summed E-state index contributed by atoms with van der Waals surface area (Å²) in [6, 6.07) is 5.38. The number of rotatable bonds is 2. The molecular weight excluding hydrogens is 246 g/mol. The summed E-state index contributed by atoms with van der Waals surface area (Å²) in [7, 11) is 0. The molecule has 0 fully saturated rings. The molecule has 3 N–H and O–H groups in total. The molecule has 0 aliphatic carbocycles. The van der Waals surface area contributed by atoms with Gasteiger partial charge in [0.25, 0.3) is 5.78 Å². The first-order valence-corrected chi connectivity index (χ1v) is 5.53. The van der Waals surface area contributed by atoms with Gasteiger partial charge in [0, 0.05) is 18.0 Å². The number of hydrogen-bond donors (Lipinski definition) is 2. The lowest BCUT2D eigenvalue weighted by atomic mass is 10.3. The van der Waals surface area contributed by atoms with Gasteiger partial charge in [-0.3, -0.25) is 4.57 Å². The summed E-state index contributed by atoms with van der Waals surface area (Å²) in [4.78, 5) is 8.33. The Bertz CT molecular complexity index is 770. The van der Waals surface area contributed by atoms with Crippen LogP contribution in [0.1, 0.15) is 11.4 Å². The van der Waals surface area contributed by atoms with E-state index >= 15 is 0 Å². The summed E-state index contributed by atoms with van der Waals surface area (Å²) in [5.74, 6) is 1.23. The van der Waals surface area contributed by atoms with E-state index in [-0.39, 0.29) is 5.84 Å². The topological polar surface area (TPSA) is 107 Å². The summed E-state index contributed by atoms with van der Waals surface area (Å²) in [5, 5.41) is 15.9. The second-order valence-electron chi connectivity index (χ2n) is 3.98. The van der Waals surface area contributed by atoms with E-state index in [0.29, 0.717) is 17.3 Å². The molecule has 3 heterocycles. The largest absolute Gasteiger partial charge is 0.409 e. The van der Waals surface area contributed by atoms with Crippen molar-refractivity contribution in [3.05, 3.63) is 42.1 Å². The molecule has 0 atom stereocenters. The second kappa shape index (κ2) is 4.09. The summed E-state index contributed by atoms with van der Waals surface area (Å²) >= 11 is 0. The van der Waals surface area contributed by atoms with Crippen LogP contribution in [-0.4, -0.2) is 35.2 Å².